The average molecular weight is 292 g/mol. The minimum absolute atomic E-state index is 0.0484. The van der Waals surface area contributed by atoms with Crippen LogP contribution in [-0.4, -0.2) is 23.0 Å². The number of carboxylic acid groups (broad SMARTS) is 1. The Morgan fingerprint density at radius 3 is 2.19 bits per heavy atom. The van der Waals surface area contributed by atoms with Gasteiger partial charge in [-0.05, 0) is 37.5 Å². The summed E-state index contributed by atoms with van der Waals surface area (Å²) in [5.41, 5.74) is 6.38. The maximum atomic E-state index is 12.5. The van der Waals surface area contributed by atoms with E-state index in [1.54, 1.807) is 12.1 Å². The van der Waals surface area contributed by atoms with Crippen LogP contribution in [0.5, 0.6) is 0 Å². The van der Waals surface area contributed by atoms with Crippen molar-refractivity contribution in [3.05, 3.63) is 29.8 Å². The smallest absolute Gasteiger partial charge is 0.305 e. The maximum absolute atomic E-state index is 12.5. The maximum Gasteiger partial charge on any atom is 0.305 e. The van der Waals surface area contributed by atoms with E-state index in [1.807, 2.05) is 39.8 Å². The Kier molecular flexibility index (Phi) is 5.35. The second-order valence-corrected chi connectivity index (χ2v) is 6.17. The van der Waals surface area contributed by atoms with Gasteiger partial charge in [-0.15, -0.1) is 0 Å². The van der Waals surface area contributed by atoms with Crippen molar-refractivity contribution in [1.82, 2.24) is 5.32 Å². The predicted octanol–water partition coefficient (Wildman–Crippen LogP) is 2.16. The summed E-state index contributed by atoms with van der Waals surface area (Å²) in [7, 11) is 0. The van der Waals surface area contributed by atoms with Crippen molar-refractivity contribution in [3.8, 4) is 0 Å². The zero-order valence-corrected chi connectivity index (χ0v) is 13.0. The molecule has 0 spiro atoms. The van der Waals surface area contributed by atoms with Gasteiger partial charge in [-0.25, -0.2) is 0 Å². The Morgan fingerprint density at radius 2 is 1.76 bits per heavy atom. The van der Waals surface area contributed by atoms with Gasteiger partial charge in [0.05, 0.1) is 11.8 Å². The molecule has 1 rings (SSSR count). The van der Waals surface area contributed by atoms with Gasteiger partial charge >= 0.3 is 5.97 Å². The Bertz CT molecular complexity index is 507. The molecule has 0 heterocycles. The molecule has 1 unspecified atom stereocenters. The van der Waals surface area contributed by atoms with Crippen LogP contribution in [0.3, 0.4) is 0 Å². The van der Waals surface area contributed by atoms with Crippen LogP contribution in [0.2, 0.25) is 0 Å². The van der Waals surface area contributed by atoms with Gasteiger partial charge in [-0.2, -0.15) is 0 Å². The number of amides is 1. The van der Waals surface area contributed by atoms with Gasteiger partial charge in [0.15, 0.2) is 0 Å². The molecule has 5 heteroatoms. The van der Waals surface area contributed by atoms with E-state index < -0.39 is 11.4 Å². The molecular weight excluding hydrogens is 268 g/mol. The summed E-state index contributed by atoms with van der Waals surface area (Å²) in [6, 6.07) is 6.75. The lowest BCUT2D eigenvalue weighted by Gasteiger charge is -2.29. The highest BCUT2D eigenvalue weighted by Gasteiger charge is 2.32. The summed E-state index contributed by atoms with van der Waals surface area (Å²) >= 11 is 0. The Balaban J connectivity index is 2.89. The van der Waals surface area contributed by atoms with Gasteiger partial charge < -0.3 is 16.2 Å². The van der Waals surface area contributed by atoms with Crippen molar-refractivity contribution in [1.29, 1.82) is 0 Å². The molecule has 0 fully saturated rings. The van der Waals surface area contributed by atoms with Crippen molar-refractivity contribution < 1.29 is 14.7 Å². The third kappa shape index (κ3) is 4.48. The first-order valence-electron chi connectivity index (χ1n) is 7.03. The van der Waals surface area contributed by atoms with Crippen molar-refractivity contribution in [2.45, 2.75) is 45.6 Å². The van der Waals surface area contributed by atoms with Crippen LogP contribution >= 0.6 is 0 Å². The van der Waals surface area contributed by atoms with E-state index in [2.05, 4.69) is 5.32 Å². The Morgan fingerprint density at radius 1 is 1.24 bits per heavy atom. The fourth-order valence-corrected chi connectivity index (χ4v) is 2.02. The summed E-state index contributed by atoms with van der Waals surface area (Å²) < 4.78 is 0. The molecule has 0 saturated carbocycles. The van der Waals surface area contributed by atoms with E-state index in [0.29, 0.717) is 5.69 Å². The molecule has 1 atom stereocenters. The van der Waals surface area contributed by atoms with Crippen molar-refractivity contribution in [2.75, 3.05) is 5.73 Å². The second-order valence-electron chi connectivity index (χ2n) is 6.17. The Labute approximate surface area is 125 Å². The van der Waals surface area contributed by atoms with Crippen molar-refractivity contribution in [2.24, 2.45) is 5.92 Å². The van der Waals surface area contributed by atoms with Crippen LogP contribution in [0.1, 0.15) is 39.7 Å². The zero-order chi connectivity index (χ0) is 16.2. The monoisotopic (exact) mass is 292 g/mol. The lowest BCUT2D eigenvalue weighted by molar-refractivity contribution is -0.138. The molecule has 5 nitrogen and oxygen atoms in total. The van der Waals surface area contributed by atoms with Gasteiger partial charge in [0.2, 0.25) is 5.91 Å². The first kappa shape index (κ1) is 17.0. The molecular formula is C16H24N2O3. The molecule has 0 aliphatic heterocycles. The first-order chi connectivity index (χ1) is 9.64. The van der Waals surface area contributed by atoms with Gasteiger partial charge in [-0.1, -0.05) is 26.0 Å². The zero-order valence-electron chi connectivity index (χ0n) is 13.0. The van der Waals surface area contributed by atoms with Crippen LogP contribution in [0, 0.1) is 5.92 Å². The number of carbonyl (C=O) groups excluding carboxylic acids is 1. The number of rotatable bonds is 6. The van der Waals surface area contributed by atoms with E-state index in [9.17, 15) is 9.59 Å². The molecule has 0 bridgehead atoms. The average Bonchev–Trinajstić information content (AvgIpc) is 2.37. The van der Waals surface area contributed by atoms with E-state index in [-0.39, 0.29) is 24.3 Å². The van der Waals surface area contributed by atoms with E-state index in [0.717, 1.165) is 5.56 Å². The molecule has 1 amide bonds. The SMILES string of the molecule is CC(C)C(CC(=O)O)NC(=O)C(C)(C)c1ccc(N)cc1. The lowest BCUT2D eigenvalue weighted by atomic mass is 9.83. The minimum Gasteiger partial charge on any atom is -0.481 e. The molecule has 1 aromatic carbocycles. The normalized spacial score (nSPS) is 13.0. The standard InChI is InChI=1S/C16H24N2O3/c1-10(2)13(9-14(19)20)18-15(21)16(3,4)11-5-7-12(17)8-6-11/h5-8,10,13H,9,17H2,1-4H3,(H,18,21)(H,19,20). The molecule has 0 aliphatic rings. The number of nitrogen functional groups attached to an aromatic ring is 1. The summed E-state index contributed by atoms with van der Waals surface area (Å²) in [5.74, 6) is -1.06. The summed E-state index contributed by atoms with van der Waals surface area (Å²) in [6.07, 6.45) is -0.0821. The number of anilines is 1. The topological polar surface area (TPSA) is 92.4 Å². The summed E-state index contributed by atoms with van der Waals surface area (Å²) in [4.78, 5) is 23.4. The van der Waals surface area contributed by atoms with Crippen LogP contribution in [-0.2, 0) is 15.0 Å². The molecule has 0 saturated heterocycles. The summed E-state index contributed by atoms with van der Waals surface area (Å²) in [6.45, 7) is 7.41. The van der Waals surface area contributed by atoms with Crippen molar-refractivity contribution in [3.63, 3.8) is 0 Å². The molecule has 21 heavy (non-hydrogen) atoms. The van der Waals surface area contributed by atoms with E-state index in [1.165, 1.54) is 0 Å². The fraction of sp³-hybridized carbons (Fsp3) is 0.500. The number of nitrogens with two attached hydrogens (primary N) is 1. The number of carboxylic acids is 1. The molecule has 116 valence electrons. The third-order valence-corrected chi connectivity index (χ3v) is 3.72. The van der Waals surface area contributed by atoms with Crippen LogP contribution < -0.4 is 11.1 Å². The number of hydrogen-bond donors (Lipinski definition) is 3. The van der Waals surface area contributed by atoms with Crippen molar-refractivity contribution >= 4 is 17.6 Å². The predicted molar refractivity (Wildman–Crippen MR) is 82.9 cm³/mol. The van der Waals surface area contributed by atoms with Gasteiger partial charge in [-0.3, -0.25) is 9.59 Å². The van der Waals surface area contributed by atoms with Gasteiger partial charge in [0.25, 0.3) is 0 Å². The minimum atomic E-state index is -0.917. The summed E-state index contributed by atoms with van der Waals surface area (Å²) in [5, 5.41) is 11.8. The highest BCUT2D eigenvalue weighted by atomic mass is 16.4. The Hall–Kier alpha value is -2.04. The van der Waals surface area contributed by atoms with Gasteiger partial charge in [0, 0.05) is 11.7 Å². The first-order valence-corrected chi connectivity index (χ1v) is 7.03. The fourth-order valence-electron chi connectivity index (χ4n) is 2.02. The van der Waals surface area contributed by atoms with Gasteiger partial charge in [0.1, 0.15) is 0 Å². The highest BCUT2D eigenvalue weighted by Crippen LogP contribution is 2.25. The highest BCUT2D eigenvalue weighted by molar-refractivity contribution is 5.88. The largest absolute Gasteiger partial charge is 0.481 e. The molecule has 0 radical (unpaired) electrons. The molecule has 0 aromatic heterocycles. The third-order valence-electron chi connectivity index (χ3n) is 3.72. The van der Waals surface area contributed by atoms with E-state index >= 15 is 0 Å². The second kappa shape index (κ2) is 6.61. The quantitative estimate of drug-likeness (QED) is 0.700. The number of carbonyl (C=O) groups is 2. The number of benzene rings is 1. The molecule has 4 N–H and O–H groups in total. The molecule has 0 aliphatic carbocycles. The van der Waals surface area contributed by atoms with Crippen LogP contribution in [0.4, 0.5) is 5.69 Å². The van der Waals surface area contributed by atoms with Crippen LogP contribution in [0.25, 0.3) is 0 Å². The van der Waals surface area contributed by atoms with Crippen LogP contribution in [0.15, 0.2) is 24.3 Å². The lowest BCUT2D eigenvalue weighted by Crippen LogP contribution is -2.47. The number of hydrogen-bond acceptors (Lipinski definition) is 3. The number of aliphatic carboxylic acids is 1. The molecule has 1 aromatic rings. The number of nitrogens with one attached hydrogen (secondary N) is 1. The van der Waals surface area contributed by atoms with E-state index in [4.69, 9.17) is 10.8 Å².